The van der Waals surface area contributed by atoms with Crippen LogP contribution in [0.1, 0.15) is 31.1 Å². The smallest absolute Gasteiger partial charge is 0.408 e. The Hall–Kier alpha value is -3.62. The first-order valence-corrected chi connectivity index (χ1v) is 9.74. The van der Waals surface area contributed by atoms with Gasteiger partial charge in [0.05, 0.1) is 5.69 Å². The third kappa shape index (κ3) is 5.71. The van der Waals surface area contributed by atoms with Gasteiger partial charge in [-0.3, -0.25) is 14.6 Å². The van der Waals surface area contributed by atoms with Crippen LogP contribution in [0.5, 0.6) is 11.5 Å². The molecule has 1 N–H and O–H groups in total. The number of likely N-dealkylation sites (N-methyl/N-ethyl adjacent to an activating group) is 1. The number of carbonyl (C=O) groups excluding carboxylic acids is 3. The van der Waals surface area contributed by atoms with Crippen LogP contribution >= 0.6 is 0 Å². The van der Waals surface area contributed by atoms with Gasteiger partial charge in [-0.05, 0) is 45.0 Å². The zero-order valence-electron chi connectivity index (χ0n) is 17.9. The van der Waals surface area contributed by atoms with Crippen molar-refractivity contribution in [2.75, 3.05) is 25.2 Å². The minimum Gasteiger partial charge on any atom is -0.489 e. The largest absolute Gasteiger partial charge is 0.489 e. The molecule has 1 aromatic heterocycles. The van der Waals surface area contributed by atoms with Crippen LogP contribution < -0.4 is 19.7 Å². The second kappa shape index (κ2) is 9.03. The lowest BCUT2D eigenvalue weighted by Gasteiger charge is -2.23. The quantitative estimate of drug-likeness (QED) is 0.731. The lowest BCUT2D eigenvalue weighted by molar-refractivity contribution is -0.120. The maximum absolute atomic E-state index is 12.8. The number of ketones is 1. The molecule has 3 rings (SSSR count). The third-order valence-corrected chi connectivity index (χ3v) is 4.37. The molecule has 2 heterocycles. The summed E-state index contributed by atoms with van der Waals surface area (Å²) in [5.41, 5.74) is 0.223. The highest BCUT2D eigenvalue weighted by atomic mass is 16.6. The fourth-order valence-corrected chi connectivity index (χ4v) is 2.88. The Morgan fingerprint density at radius 3 is 2.74 bits per heavy atom. The van der Waals surface area contributed by atoms with Crippen molar-refractivity contribution in [3.8, 4) is 11.5 Å². The molecule has 1 aliphatic heterocycles. The van der Waals surface area contributed by atoms with E-state index in [1.54, 1.807) is 64.3 Å². The summed E-state index contributed by atoms with van der Waals surface area (Å²) in [6.07, 6.45) is 2.36. The lowest BCUT2D eigenvalue weighted by Crippen LogP contribution is -2.50. The summed E-state index contributed by atoms with van der Waals surface area (Å²) in [6.45, 7) is 4.99. The van der Waals surface area contributed by atoms with E-state index in [1.807, 2.05) is 0 Å². The monoisotopic (exact) mass is 427 g/mol. The number of benzene rings is 1. The van der Waals surface area contributed by atoms with Gasteiger partial charge >= 0.3 is 6.09 Å². The summed E-state index contributed by atoms with van der Waals surface area (Å²) < 4.78 is 16.5. The second-order valence-electron chi connectivity index (χ2n) is 7.99. The topological polar surface area (TPSA) is 107 Å². The number of fused-ring (bicyclic) bond motifs is 1. The van der Waals surface area contributed by atoms with Crippen molar-refractivity contribution >= 4 is 23.5 Å². The molecule has 0 saturated carbocycles. The first-order valence-electron chi connectivity index (χ1n) is 9.74. The van der Waals surface area contributed by atoms with Crippen LogP contribution in [-0.2, 0) is 9.53 Å². The van der Waals surface area contributed by atoms with Gasteiger partial charge in [0.1, 0.15) is 29.7 Å². The van der Waals surface area contributed by atoms with Crippen LogP contribution in [-0.4, -0.2) is 54.7 Å². The fourth-order valence-electron chi connectivity index (χ4n) is 2.88. The number of alkyl carbamates (subject to hydrolysis) is 1. The molecule has 1 atom stereocenters. The lowest BCUT2D eigenvalue weighted by atomic mass is 10.2. The number of nitrogens with one attached hydrogen (secondary N) is 1. The number of pyridine rings is 1. The molecule has 1 aromatic carbocycles. The third-order valence-electron chi connectivity index (χ3n) is 4.37. The summed E-state index contributed by atoms with van der Waals surface area (Å²) >= 11 is 0. The second-order valence-corrected chi connectivity index (χ2v) is 7.99. The summed E-state index contributed by atoms with van der Waals surface area (Å²) in [6, 6.07) is 7.33. The average Bonchev–Trinajstić information content (AvgIpc) is 2.83. The van der Waals surface area contributed by atoms with E-state index in [-0.39, 0.29) is 24.9 Å². The van der Waals surface area contributed by atoms with Gasteiger partial charge in [0.2, 0.25) is 5.78 Å². The van der Waals surface area contributed by atoms with Gasteiger partial charge < -0.3 is 24.4 Å². The first-order chi connectivity index (χ1) is 14.6. The predicted molar refractivity (Wildman–Crippen MR) is 113 cm³/mol. The fraction of sp³-hybridized carbons (Fsp3) is 0.364. The molecule has 9 heteroatoms. The van der Waals surface area contributed by atoms with E-state index < -0.39 is 17.7 Å². The van der Waals surface area contributed by atoms with Crippen molar-refractivity contribution < 1.29 is 28.6 Å². The van der Waals surface area contributed by atoms with Gasteiger partial charge in [-0.2, -0.15) is 0 Å². The Bertz CT molecular complexity index is 971. The molecule has 0 spiro atoms. The maximum atomic E-state index is 12.8. The highest BCUT2D eigenvalue weighted by molar-refractivity contribution is 6.00. The molecule has 0 saturated heterocycles. The van der Waals surface area contributed by atoms with Crippen LogP contribution in [0.15, 0.2) is 42.7 Å². The Kier molecular flexibility index (Phi) is 6.43. The highest BCUT2D eigenvalue weighted by Gasteiger charge is 2.32. The summed E-state index contributed by atoms with van der Waals surface area (Å²) in [7, 11) is 1.57. The molecule has 0 radical (unpaired) electrons. The first kappa shape index (κ1) is 22.1. The zero-order valence-corrected chi connectivity index (χ0v) is 17.9. The van der Waals surface area contributed by atoms with E-state index in [0.29, 0.717) is 22.7 Å². The molecule has 0 bridgehead atoms. The van der Waals surface area contributed by atoms with Crippen molar-refractivity contribution in [3.63, 3.8) is 0 Å². The standard InChI is InChI=1S/C22H25N3O6/c1-22(2,3)31-21(28)24-16-12-30-19-8-7-15(10-17(19)25(4)20(16)27)29-13-18(26)14-6-5-9-23-11-14/h5-11,16H,12-13H2,1-4H3,(H,24,28)/t16-/m0/s1. The average molecular weight is 427 g/mol. The minimum absolute atomic E-state index is 0.0465. The van der Waals surface area contributed by atoms with Crippen LogP contribution in [0.25, 0.3) is 0 Å². The van der Waals surface area contributed by atoms with Gasteiger partial charge in [0.15, 0.2) is 6.61 Å². The van der Waals surface area contributed by atoms with E-state index >= 15 is 0 Å². The Balaban J connectivity index is 1.68. The highest BCUT2D eigenvalue weighted by Crippen LogP contribution is 2.34. The van der Waals surface area contributed by atoms with Crippen molar-refractivity contribution in [2.45, 2.75) is 32.4 Å². The van der Waals surface area contributed by atoms with E-state index in [9.17, 15) is 14.4 Å². The normalized spacial score (nSPS) is 15.9. The zero-order chi connectivity index (χ0) is 22.6. The van der Waals surface area contributed by atoms with Crippen molar-refractivity contribution in [1.82, 2.24) is 10.3 Å². The van der Waals surface area contributed by atoms with E-state index in [4.69, 9.17) is 14.2 Å². The Morgan fingerprint density at radius 1 is 1.29 bits per heavy atom. The molecule has 1 aliphatic rings. The minimum atomic E-state index is -0.913. The molecule has 164 valence electrons. The van der Waals surface area contributed by atoms with Crippen LogP contribution in [0.3, 0.4) is 0 Å². The molecule has 9 nitrogen and oxygen atoms in total. The van der Waals surface area contributed by atoms with Crippen LogP contribution in [0.2, 0.25) is 0 Å². The summed E-state index contributed by atoms with van der Waals surface area (Å²) in [5.74, 6) is 0.270. The number of Topliss-reactive ketones (excluding diaryl/α,β-unsaturated/α-hetero) is 1. The molecule has 0 fully saturated rings. The van der Waals surface area contributed by atoms with Gasteiger partial charge in [-0.25, -0.2) is 4.79 Å². The molecule has 2 aromatic rings. The maximum Gasteiger partial charge on any atom is 0.408 e. The van der Waals surface area contributed by atoms with E-state index in [2.05, 4.69) is 10.3 Å². The number of amides is 2. The van der Waals surface area contributed by atoms with Crippen LogP contribution in [0.4, 0.5) is 10.5 Å². The Morgan fingerprint density at radius 2 is 2.06 bits per heavy atom. The number of carbonyl (C=O) groups is 3. The number of hydrogen-bond acceptors (Lipinski definition) is 7. The number of nitrogens with zero attached hydrogens (tertiary/aromatic N) is 2. The molecule has 0 aliphatic carbocycles. The van der Waals surface area contributed by atoms with E-state index in [0.717, 1.165) is 0 Å². The van der Waals surface area contributed by atoms with Gasteiger partial charge in [0.25, 0.3) is 5.91 Å². The van der Waals surface area contributed by atoms with Crippen molar-refractivity contribution in [2.24, 2.45) is 0 Å². The number of ether oxygens (including phenoxy) is 3. The van der Waals surface area contributed by atoms with Crippen molar-refractivity contribution in [1.29, 1.82) is 0 Å². The summed E-state index contributed by atoms with van der Waals surface area (Å²) in [5, 5.41) is 2.54. The van der Waals surface area contributed by atoms with Gasteiger partial charge in [-0.1, -0.05) is 0 Å². The van der Waals surface area contributed by atoms with E-state index in [1.165, 1.54) is 11.1 Å². The number of hydrogen-bond donors (Lipinski definition) is 1. The van der Waals surface area contributed by atoms with Crippen molar-refractivity contribution in [3.05, 3.63) is 48.3 Å². The molecule has 31 heavy (non-hydrogen) atoms. The van der Waals surface area contributed by atoms with Gasteiger partial charge in [-0.15, -0.1) is 0 Å². The molecular formula is C22H25N3O6. The SMILES string of the molecule is CN1C(=O)[C@@H](NC(=O)OC(C)(C)C)COc2ccc(OCC(=O)c3cccnc3)cc21. The number of anilines is 1. The Labute approximate surface area is 180 Å². The van der Waals surface area contributed by atoms with Crippen LogP contribution in [0, 0.1) is 0 Å². The molecule has 2 amide bonds. The number of aromatic nitrogens is 1. The molecule has 0 unspecified atom stereocenters. The summed E-state index contributed by atoms with van der Waals surface area (Å²) in [4.78, 5) is 42.4. The molecular weight excluding hydrogens is 402 g/mol. The predicted octanol–water partition coefficient (Wildman–Crippen LogP) is 2.59. The number of rotatable bonds is 5. The van der Waals surface area contributed by atoms with Gasteiger partial charge in [0, 0.05) is 31.1 Å².